The van der Waals surface area contributed by atoms with E-state index >= 15 is 0 Å². The average Bonchev–Trinajstić information content (AvgIpc) is 2.14. The van der Waals surface area contributed by atoms with Gasteiger partial charge in [-0.15, -0.1) is 0 Å². The molecular formula is C4H7AuClS. The van der Waals surface area contributed by atoms with Crippen LogP contribution >= 0.6 is 21.0 Å². The van der Waals surface area contributed by atoms with Crippen LogP contribution in [0.4, 0.5) is 0 Å². The maximum absolute atomic E-state index is 5.68. The van der Waals surface area contributed by atoms with E-state index < -0.39 is 0 Å². The van der Waals surface area contributed by atoms with Gasteiger partial charge in [0.05, 0.1) is 0 Å². The molecule has 47 valence electrons. The first kappa shape index (κ1) is 6.50. The second-order valence-electron chi connectivity index (χ2n) is 1.44. The topological polar surface area (TPSA) is 0 Å². The van der Waals surface area contributed by atoms with Crippen molar-refractivity contribution in [3.05, 3.63) is 0 Å². The van der Waals surface area contributed by atoms with E-state index in [1.54, 1.807) is 0 Å². The van der Waals surface area contributed by atoms with Gasteiger partial charge in [0, 0.05) is 0 Å². The fourth-order valence-corrected chi connectivity index (χ4v) is 4.83. The molecule has 0 aromatic rings. The fraction of sp³-hybridized carbons (Fsp3) is 1.00. The van der Waals surface area contributed by atoms with Gasteiger partial charge in [-0.1, -0.05) is 0 Å². The number of halogens is 1. The summed E-state index contributed by atoms with van der Waals surface area (Å²) >= 11 is 2.19. The van der Waals surface area contributed by atoms with Crippen molar-refractivity contribution in [2.75, 3.05) is 5.75 Å². The molecule has 0 aromatic heterocycles. The van der Waals surface area contributed by atoms with E-state index in [1.807, 2.05) is 0 Å². The second kappa shape index (κ2) is 3.41. The molecule has 0 amide bonds. The molecule has 1 fully saturated rings. The Balaban J connectivity index is 2.14. The van der Waals surface area contributed by atoms with E-state index in [4.69, 9.17) is 9.19 Å². The van der Waals surface area contributed by atoms with Crippen LogP contribution in [0, 0.1) is 0 Å². The monoisotopic (exact) mass is 319 g/mol. The van der Waals surface area contributed by atoms with Crippen LogP contribution in [0.3, 0.4) is 0 Å². The van der Waals surface area contributed by atoms with Gasteiger partial charge >= 0.3 is 61.7 Å². The van der Waals surface area contributed by atoms with E-state index in [-0.39, 0.29) is 18.7 Å². The molecule has 1 aliphatic heterocycles. The van der Waals surface area contributed by atoms with Crippen molar-refractivity contribution in [3.63, 3.8) is 0 Å². The zero-order chi connectivity index (χ0) is 5.11. The van der Waals surface area contributed by atoms with Gasteiger partial charge in [-0.2, -0.15) is 0 Å². The Bertz CT molecular complexity index is 53.7. The van der Waals surface area contributed by atoms with Crippen molar-refractivity contribution in [3.8, 4) is 0 Å². The second-order valence-corrected chi connectivity index (χ2v) is 6.62. The summed E-state index contributed by atoms with van der Waals surface area (Å²) in [5.74, 6) is 1.36. The van der Waals surface area contributed by atoms with Crippen LogP contribution in [0.25, 0.3) is 0 Å². The van der Waals surface area contributed by atoms with Gasteiger partial charge in [0.15, 0.2) is 0 Å². The Morgan fingerprint density at radius 1 is 1.71 bits per heavy atom. The van der Waals surface area contributed by atoms with Gasteiger partial charge in [-0.3, -0.25) is 0 Å². The molecule has 1 rings (SSSR count). The number of thioether (sulfide) groups is 1. The predicted octanol–water partition coefficient (Wildman–Crippen LogP) is 2.08. The number of hydrogen-bond acceptors (Lipinski definition) is 1. The molecule has 0 nitrogen and oxygen atoms in total. The van der Waals surface area contributed by atoms with Crippen LogP contribution in [0.5, 0.6) is 0 Å². The summed E-state index contributed by atoms with van der Waals surface area (Å²) in [6.07, 6.45) is 2.79. The first-order chi connectivity index (χ1) is 3.43. The Labute approximate surface area is 61.5 Å². The maximum atomic E-state index is 5.68. The summed E-state index contributed by atoms with van der Waals surface area (Å²) in [4.78, 5) is 0. The molecule has 3 heteroatoms. The Hall–Kier alpha value is 1.38. The normalized spacial score (nSPS) is 31.9. The Kier molecular flexibility index (Phi) is 3.17. The number of rotatable bonds is 1. The van der Waals surface area contributed by atoms with Crippen LogP contribution in [-0.2, 0) is 18.7 Å². The van der Waals surface area contributed by atoms with Crippen LogP contribution in [0.2, 0.25) is 0 Å². The van der Waals surface area contributed by atoms with E-state index in [9.17, 15) is 0 Å². The molecule has 0 bridgehead atoms. The molecular weight excluding hydrogens is 313 g/mol. The molecule has 0 aromatic carbocycles. The Morgan fingerprint density at radius 2 is 2.57 bits per heavy atom. The van der Waals surface area contributed by atoms with Crippen molar-refractivity contribution in [1.29, 1.82) is 0 Å². The number of hydrogen-bond donors (Lipinski definition) is 0. The summed E-state index contributed by atoms with van der Waals surface area (Å²) in [7, 11) is 5.68. The predicted molar refractivity (Wildman–Crippen MR) is 31.3 cm³/mol. The van der Waals surface area contributed by atoms with Crippen molar-refractivity contribution in [1.82, 2.24) is 0 Å². The first-order valence-electron chi connectivity index (χ1n) is 2.22. The van der Waals surface area contributed by atoms with Gasteiger partial charge in [0.1, 0.15) is 0 Å². The summed E-state index contributed by atoms with van der Waals surface area (Å²) in [5, 5.41) is 0. The van der Waals surface area contributed by atoms with E-state index in [2.05, 4.69) is 11.8 Å². The zero-order valence-corrected chi connectivity index (χ0v) is 7.53. The molecule has 0 radical (unpaired) electrons. The minimum atomic E-state index is 0.133. The molecule has 1 unspecified atom stereocenters. The molecule has 0 saturated carbocycles. The SMILES string of the molecule is [Cl][Au][CH]1CCCS1. The fourth-order valence-electron chi connectivity index (χ4n) is 0.566. The molecule has 0 N–H and O–H groups in total. The summed E-state index contributed by atoms with van der Waals surface area (Å²) < 4.78 is 0.877. The van der Waals surface area contributed by atoms with Gasteiger partial charge in [0.2, 0.25) is 0 Å². The van der Waals surface area contributed by atoms with E-state index in [0.29, 0.717) is 0 Å². The minimum absolute atomic E-state index is 0.133. The van der Waals surface area contributed by atoms with Crippen LogP contribution in [0.15, 0.2) is 0 Å². The summed E-state index contributed by atoms with van der Waals surface area (Å²) in [6.45, 7) is 0. The quantitative estimate of drug-likeness (QED) is 0.667. The summed E-state index contributed by atoms with van der Waals surface area (Å²) in [6, 6.07) is 0. The molecule has 0 spiro atoms. The van der Waals surface area contributed by atoms with Crippen LogP contribution in [-0.4, -0.2) is 9.22 Å². The van der Waals surface area contributed by atoms with Crippen molar-refractivity contribution >= 4 is 21.0 Å². The molecule has 1 atom stereocenters. The van der Waals surface area contributed by atoms with Crippen LogP contribution in [0.1, 0.15) is 12.8 Å². The van der Waals surface area contributed by atoms with Crippen molar-refractivity contribution < 1.29 is 18.7 Å². The van der Waals surface area contributed by atoms with Gasteiger partial charge < -0.3 is 0 Å². The Morgan fingerprint density at radius 3 is 2.86 bits per heavy atom. The van der Waals surface area contributed by atoms with Gasteiger partial charge in [-0.05, 0) is 0 Å². The zero-order valence-electron chi connectivity index (χ0n) is 3.79. The van der Waals surface area contributed by atoms with E-state index in [1.165, 1.54) is 18.6 Å². The molecule has 1 saturated heterocycles. The third-order valence-corrected chi connectivity index (χ3v) is 6.77. The molecule has 1 aliphatic rings. The van der Waals surface area contributed by atoms with Crippen LogP contribution < -0.4 is 0 Å². The first-order valence-corrected chi connectivity index (χ1v) is 7.20. The standard InChI is InChI=1S/C4H7S.Au.ClH/c1-2-4-5-3-1;;/h3H,1-2,4H2;;1H/q;+1;/p-1. The van der Waals surface area contributed by atoms with Crippen molar-refractivity contribution in [2.45, 2.75) is 16.3 Å². The molecule has 0 aliphatic carbocycles. The third kappa shape index (κ3) is 1.98. The summed E-state index contributed by atoms with van der Waals surface area (Å²) in [5.41, 5.74) is 0. The van der Waals surface area contributed by atoms with Gasteiger partial charge in [-0.25, -0.2) is 0 Å². The van der Waals surface area contributed by atoms with Gasteiger partial charge in [0.25, 0.3) is 0 Å². The molecule has 1 heterocycles. The van der Waals surface area contributed by atoms with Crippen molar-refractivity contribution in [2.24, 2.45) is 0 Å². The molecule has 7 heavy (non-hydrogen) atoms. The van der Waals surface area contributed by atoms with E-state index in [0.717, 1.165) is 3.47 Å². The third-order valence-electron chi connectivity index (χ3n) is 0.913. The average molecular weight is 320 g/mol.